The number of hydrogen-bond donors (Lipinski definition) is 0. The number of hydrogen-bond acceptors (Lipinski definition) is 5. The van der Waals surface area contributed by atoms with Crippen molar-refractivity contribution in [3.63, 3.8) is 0 Å². The van der Waals surface area contributed by atoms with Crippen molar-refractivity contribution in [1.82, 2.24) is 14.1 Å². The first-order chi connectivity index (χ1) is 13.8. The van der Waals surface area contributed by atoms with Crippen molar-refractivity contribution >= 4 is 27.5 Å². The molecule has 2 fully saturated rings. The standard InChI is InChI=1S/C20H28N4O4S/c1-15(25)24-18-6-5-17(29(27,28)23-7-3-4-8-23)13-16(18)14-19(24)20(26)22-11-9-21(2)10-12-22/h5-6,13,19H,3-4,7-12,14H2,1-2H3/t19-/m1/s1. The van der Waals surface area contributed by atoms with Crippen molar-refractivity contribution in [1.29, 1.82) is 0 Å². The minimum atomic E-state index is -3.53. The molecule has 0 radical (unpaired) electrons. The average Bonchev–Trinajstić information content (AvgIpc) is 3.35. The van der Waals surface area contributed by atoms with Gasteiger partial charge in [-0.15, -0.1) is 0 Å². The van der Waals surface area contributed by atoms with Gasteiger partial charge in [-0.2, -0.15) is 4.31 Å². The van der Waals surface area contributed by atoms with Crippen LogP contribution < -0.4 is 4.90 Å². The van der Waals surface area contributed by atoms with E-state index in [9.17, 15) is 18.0 Å². The van der Waals surface area contributed by atoms with Crippen LogP contribution in [0, 0.1) is 0 Å². The Morgan fingerprint density at radius 2 is 1.66 bits per heavy atom. The van der Waals surface area contributed by atoms with Gasteiger partial charge in [-0.25, -0.2) is 8.42 Å². The first kappa shape index (κ1) is 20.3. The Bertz CT molecular complexity index is 918. The Balaban J connectivity index is 1.61. The molecule has 0 N–H and O–H groups in total. The number of sulfonamides is 1. The summed E-state index contributed by atoms with van der Waals surface area (Å²) in [6.45, 7) is 5.44. The van der Waals surface area contributed by atoms with Crippen LogP contribution in [0.4, 0.5) is 5.69 Å². The highest BCUT2D eigenvalue weighted by Gasteiger charge is 2.40. The molecule has 0 aromatic heterocycles. The van der Waals surface area contributed by atoms with Crippen LogP contribution in [0.3, 0.4) is 0 Å². The SMILES string of the molecule is CC(=O)N1c2ccc(S(=O)(=O)N3CCCC3)cc2C[C@@H]1C(=O)N1CCN(C)CC1. The summed E-state index contributed by atoms with van der Waals surface area (Å²) in [7, 11) is -1.51. The lowest BCUT2D eigenvalue weighted by molar-refractivity contribution is -0.135. The number of fused-ring (bicyclic) bond motifs is 1. The molecular formula is C20H28N4O4S. The number of carbonyl (C=O) groups is 2. The molecule has 1 aromatic rings. The smallest absolute Gasteiger partial charge is 0.246 e. The largest absolute Gasteiger partial charge is 0.338 e. The van der Waals surface area contributed by atoms with Crippen molar-refractivity contribution in [2.75, 3.05) is 51.2 Å². The fraction of sp³-hybridized carbons (Fsp3) is 0.600. The van der Waals surface area contributed by atoms with Gasteiger partial charge in [0, 0.05) is 58.3 Å². The number of piperazine rings is 1. The predicted octanol–water partition coefficient (Wildman–Crippen LogP) is 0.523. The van der Waals surface area contributed by atoms with Gasteiger partial charge in [-0.3, -0.25) is 14.5 Å². The minimum absolute atomic E-state index is 0.0616. The maximum atomic E-state index is 13.2. The van der Waals surface area contributed by atoms with Gasteiger partial charge in [0.25, 0.3) is 0 Å². The normalized spacial score (nSPS) is 23.4. The fourth-order valence-corrected chi connectivity index (χ4v) is 6.06. The number of likely N-dealkylation sites (N-methyl/N-ethyl adjacent to an activating group) is 1. The van der Waals surface area contributed by atoms with Crippen LogP contribution in [0.25, 0.3) is 0 Å². The first-order valence-electron chi connectivity index (χ1n) is 10.2. The summed E-state index contributed by atoms with van der Waals surface area (Å²) >= 11 is 0. The maximum absolute atomic E-state index is 13.2. The zero-order chi connectivity index (χ0) is 20.8. The second-order valence-electron chi connectivity index (χ2n) is 8.14. The zero-order valence-corrected chi connectivity index (χ0v) is 17.8. The van der Waals surface area contributed by atoms with Gasteiger partial charge in [0.05, 0.1) is 4.90 Å². The maximum Gasteiger partial charge on any atom is 0.246 e. The summed E-state index contributed by atoms with van der Waals surface area (Å²) in [4.78, 5) is 31.3. The van der Waals surface area contributed by atoms with E-state index >= 15 is 0 Å². The molecule has 3 aliphatic rings. The molecule has 8 nitrogen and oxygen atoms in total. The Kier molecular flexibility index (Phi) is 5.39. The first-order valence-corrected chi connectivity index (χ1v) is 11.6. The molecule has 1 aromatic carbocycles. The third kappa shape index (κ3) is 3.67. The van der Waals surface area contributed by atoms with Gasteiger partial charge in [0.15, 0.2) is 0 Å². The number of carbonyl (C=O) groups excluding carboxylic acids is 2. The number of benzene rings is 1. The average molecular weight is 421 g/mol. The van der Waals surface area contributed by atoms with Gasteiger partial charge >= 0.3 is 0 Å². The van der Waals surface area contributed by atoms with Crippen LogP contribution >= 0.6 is 0 Å². The Labute approximate surface area is 172 Å². The Morgan fingerprint density at radius 1 is 1.00 bits per heavy atom. The molecule has 9 heteroatoms. The van der Waals surface area contributed by atoms with Crippen molar-refractivity contribution < 1.29 is 18.0 Å². The van der Waals surface area contributed by atoms with E-state index in [2.05, 4.69) is 4.90 Å². The third-order valence-electron chi connectivity index (χ3n) is 6.18. The molecule has 2 amide bonds. The summed E-state index contributed by atoms with van der Waals surface area (Å²) in [6, 6.07) is 4.29. The summed E-state index contributed by atoms with van der Waals surface area (Å²) in [5.74, 6) is -0.264. The molecule has 0 aliphatic carbocycles. The van der Waals surface area contributed by atoms with Gasteiger partial charge in [0.1, 0.15) is 6.04 Å². The molecule has 0 unspecified atom stereocenters. The fourth-order valence-electron chi connectivity index (χ4n) is 4.49. The van der Waals surface area contributed by atoms with E-state index in [4.69, 9.17) is 0 Å². The minimum Gasteiger partial charge on any atom is -0.338 e. The topological polar surface area (TPSA) is 81.2 Å². The summed E-state index contributed by atoms with van der Waals surface area (Å²) in [6.07, 6.45) is 2.11. The molecule has 0 spiro atoms. The summed E-state index contributed by atoms with van der Waals surface area (Å²) in [5, 5.41) is 0. The molecule has 0 saturated carbocycles. The molecule has 3 aliphatic heterocycles. The second-order valence-corrected chi connectivity index (χ2v) is 10.1. The van der Waals surface area contributed by atoms with Crippen molar-refractivity contribution in [2.45, 2.75) is 37.1 Å². The van der Waals surface area contributed by atoms with E-state index in [1.54, 1.807) is 18.2 Å². The molecule has 1 atom stereocenters. The van der Waals surface area contributed by atoms with E-state index in [-0.39, 0.29) is 16.7 Å². The summed E-state index contributed by atoms with van der Waals surface area (Å²) < 4.78 is 27.3. The van der Waals surface area contributed by atoms with E-state index in [1.165, 1.54) is 16.1 Å². The molecule has 4 rings (SSSR count). The van der Waals surface area contributed by atoms with Crippen molar-refractivity contribution in [2.24, 2.45) is 0 Å². The van der Waals surface area contributed by atoms with E-state index in [1.807, 2.05) is 11.9 Å². The van der Waals surface area contributed by atoms with Crippen molar-refractivity contribution in [3.05, 3.63) is 23.8 Å². The lowest BCUT2D eigenvalue weighted by Gasteiger charge is -2.35. The van der Waals surface area contributed by atoms with E-state index in [0.717, 1.165) is 31.5 Å². The molecular weight excluding hydrogens is 392 g/mol. The monoisotopic (exact) mass is 420 g/mol. The van der Waals surface area contributed by atoms with Crippen LogP contribution in [0.1, 0.15) is 25.3 Å². The number of amides is 2. The molecule has 2 saturated heterocycles. The van der Waals surface area contributed by atoms with Crippen LogP contribution in [-0.2, 0) is 26.0 Å². The number of nitrogens with zero attached hydrogens (tertiary/aromatic N) is 4. The van der Waals surface area contributed by atoms with Gasteiger partial charge in [-0.1, -0.05) is 0 Å². The van der Waals surface area contributed by atoms with Crippen molar-refractivity contribution in [3.8, 4) is 0 Å². The Morgan fingerprint density at radius 3 is 2.28 bits per heavy atom. The quantitative estimate of drug-likeness (QED) is 0.712. The second kappa shape index (κ2) is 7.70. The lowest BCUT2D eigenvalue weighted by Crippen LogP contribution is -2.54. The predicted molar refractivity (Wildman–Crippen MR) is 109 cm³/mol. The highest BCUT2D eigenvalue weighted by atomic mass is 32.2. The van der Waals surface area contributed by atoms with Gasteiger partial charge in [0.2, 0.25) is 21.8 Å². The zero-order valence-electron chi connectivity index (χ0n) is 17.0. The van der Waals surface area contributed by atoms with E-state index < -0.39 is 16.1 Å². The van der Waals surface area contributed by atoms with E-state index in [0.29, 0.717) is 38.3 Å². The van der Waals surface area contributed by atoms with Crippen LogP contribution in [0.2, 0.25) is 0 Å². The van der Waals surface area contributed by atoms with Crippen LogP contribution in [0.5, 0.6) is 0 Å². The third-order valence-corrected chi connectivity index (χ3v) is 8.07. The highest BCUT2D eigenvalue weighted by Crippen LogP contribution is 2.36. The molecule has 0 bridgehead atoms. The Hall–Kier alpha value is -1.97. The number of rotatable bonds is 3. The van der Waals surface area contributed by atoms with Crippen LogP contribution in [0.15, 0.2) is 23.1 Å². The van der Waals surface area contributed by atoms with Gasteiger partial charge in [-0.05, 0) is 43.7 Å². The molecule has 29 heavy (non-hydrogen) atoms. The molecule has 3 heterocycles. The van der Waals surface area contributed by atoms with Crippen LogP contribution in [-0.4, -0.2) is 86.7 Å². The highest BCUT2D eigenvalue weighted by molar-refractivity contribution is 7.89. The summed E-state index contributed by atoms with van der Waals surface area (Å²) in [5.41, 5.74) is 1.39. The van der Waals surface area contributed by atoms with Gasteiger partial charge < -0.3 is 9.80 Å². The lowest BCUT2D eigenvalue weighted by atomic mass is 10.1. The number of anilines is 1. The molecule has 158 valence electrons.